The summed E-state index contributed by atoms with van der Waals surface area (Å²) in [5.41, 5.74) is 2.76. The summed E-state index contributed by atoms with van der Waals surface area (Å²) in [5.74, 6) is -7.59. The molecule has 0 atom stereocenters. The SMILES string of the molecule is N#Cc1c(N)c(F)c(F)c(F)c1F. The van der Waals surface area contributed by atoms with E-state index in [1.165, 1.54) is 0 Å². The molecule has 6 heteroatoms. The van der Waals surface area contributed by atoms with Gasteiger partial charge in [-0.15, -0.1) is 0 Å². The van der Waals surface area contributed by atoms with Crippen molar-refractivity contribution in [1.82, 2.24) is 0 Å². The number of anilines is 1. The summed E-state index contributed by atoms with van der Waals surface area (Å²) in [6.45, 7) is 0. The topological polar surface area (TPSA) is 49.8 Å². The summed E-state index contributed by atoms with van der Waals surface area (Å²) < 4.78 is 50.0. The van der Waals surface area contributed by atoms with Crippen LogP contribution in [0.4, 0.5) is 23.2 Å². The highest BCUT2D eigenvalue weighted by molar-refractivity contribution is 5.56. The molecule has 0 aliphatic heterocycles. The summed E-state index contributed by atoms with van der Waals surface area (Å²) >= 11 is 0. The van der Waals surface area contributed by atoms with Crippen LogP contribution in [0.3, 0.4) is 0 Å². The van der Waals surface area contributed by atoms with Gasteiger partial charge >= 0.3 is 0 Å². The minimum atomic E-state index is -2.04. The van der Waals surface area contributed by atoms with Crippen molar-refractivity contribution in [2.24, 2.45) is 0 Å². The maximum absolute atomic E-state index is 12.6. The number of halogens is 4. The van der Waals surface area contributed by atoms with E-state index in [0.717, 1.165) is 6.07 Å². The van der Waals surface area contributed by atoms with Crippen molar-refractivity contribution in [3.63, 3.8) is 0 Å². The number of nitrogens with two attached hydrogens (primary N) is 1. The smallest absolute Gasteiger partial charge is 0.199 e. The Bertz CT molecular complexity index is 379. The Labute approximate surface area is 70.2 Å². The van der Waals surface area contributed by atoms with Crippen molar-refractivity contribution in [1.29, 1.82) is 5.26 Å². The number of hydrogen-bond donors (Lipinski definition) is 1. The average Bonchev–Trinajstić information content (AvgIpc) is 2.13. The maximum atomic E-state index is 12.6. The number of hydrogen-bond acceptors (Lipinski definition) is 2. The van der Waals surface area contributed by atoms with Gasteiger partial charge in [0, 0.05) is 0 Å². The van der Waals surface area contributed by atoms with E-state index in [4.69, 9.17) is 11.0 Å². The summed E-state index contributed by atoms with van der Waals surface area (Å²) in [6, 6.07) is 1.13. The van der Waals surface area contributed by atoms with Gasteiger partial charge in [-0.3, -0.25) is 0 Å². The number of benzene rings is 1. The monoisotopic (exact) mass is 190 g/mol. The molecule has 68 valence electrons. The molecule has 0 aromatic heterocycles. The van der Waals surface area contributed by atoms with Gasteiger partial charge in [0.05, 0.1) is 5.69 Å². The van der Waals surface area contributed by atoms with Crippen molar-refractivity contribution < 1.29 is 17.6 Å². The van der Waals surface area contributed by atoms with Gasteiger partial charge in [0.15, 0.2) is 23.3 Å². The van der Waals surface area contributed by atoms with E-state index in [9.17, 15) is 17.6 Å². The van der Waals surface area contributed by atoms with Crippen molar-refractivity contribution in [2.45, 2.75) is 0 Å². The molecule has 0 saturated carbocycles. The molecule has 1 rings (SSSR count). The molecule has 0 spiro atoms. The van der Waals surface area contributed by atoms with E-state index in [-0.39, 0.29) is 0 Å². The summed E-state index contributed by atoms with van der Waals surface area (Å²) in [7, 11) is 0. The maximum Gasteiger partial charge on any atom is 0.199 e. The zero-order valence-electron chi connectivity index (χ0n) is 6.04. The quantitative estimate of drug-likeness (QED) is 0.293. The van der Waals surface area contributed by atoms with Gasteiger partial charge in [-0.05, 0) is 0 Å². The van der Waals surface area contributed by atoms with Crippen LogP contribution in [0, 0.1) is 34.6 Å². The Morgan fingerprint density at radius 2 is 1.38 bits per heavy atom. The lowest BCUT2D eigenvalue weighted by Gasteiger charge is -2.03. The van der Waals surface area contributed by atoms with Crippen LogP contribution in [0.2, 0.25) is 0 Å². The first-order valence-electron chi connectivity index (χ1n) is 3.02. The van der Waals surface area contributed by atoms with Crippen LogP contribution in [0.25, 0.3) is 0 Å². The highest BCUT2D eigenvalue weighted by atomic mass is 19.2. The largest absolute Gasteiger partial charge is 0.395 e. The van der Waals surface area contributed by atoms with E-state index < -0.39 is 34.5 Å². The van der Waals surface area contributed by atoms with Crippen LogP contribution in [-0.2, 0) is 0 Å². The number of nitrogens with zero attached hydrogens (tertiary/aromatic N) is 1. The summed E-state index contributed by atoms with van der Waals surface area (Å²) in [6.07, 6.45) is 0. The summed E-state index contributed by atoms with van der Waals surface area (Å²) in [5, 5.41) is 8.21. The lowest BCUT2D eigenvalue weighted by molar-refractivity contribution is 0.410. The molecule has 0 saturated heterocycles. The first-order valence-corrected chi connectivity index (χ1v) is 3.02. The first-order chi connectivity index (χ1) is 6.00. The fourth-order valence-electron chi connectivity index (χ4n) is 0.758. The second-order valence-electron chi connectivity index (χ2n) is 2.16. The molecule has 0 unspecified atom stereocenters. The number of nitriles is 1. The molecule has 0 bridgehead atoms. The van der Waals surface area contributed by atoms with Gasteiger partial charge in [0.2, 0.25) is 0 Å². The molecular weight excluding hydrogens is 188 g/mol. The lowest BCUT2D eigenvalue weighted by Crippen LogP contribution is -2.05. The zero-order valence-corrected chi connectivity index (χ0v) is 6.04. The molecule has 0 fully saturated rings. The van der Waals surface area contributed by atoms with Crippen LogP contribution in [0.15, 0.2) is 0 Å². The van der Waals surface area contributed by atoms with Crippen LogP contribution in [0.5, 0.6) is 0 Å². The van der Waals surface area contributed by atoms with Crippen molar-refractivity contribution >= 4 is 5.69 Å². The molecule has 0 aliphatic rings. The van der Waals surface area contributed by atoms with Gasteiger partial charge in [-0.1, -0.05) is 0 Å². The van der Waals surface area contributed by atoms with Crippen LogP contribution < -0.4 is 5.73 Å². The van der Waals surface area contributed by atoms with Crippen LogP contribution in [-0.4, -0.2) is 0 Å². The van der Waals surface area contributed by atoms with Crippen molar-refractivity contribution in [2.75, 3.05) is 5.73 Å². The standard InChI is InChI=1S/C7H2F4N2/c8-3-2(1-12)7(13)6(11)5(10)4(3)9/h13H2. The number of rotatable bonds is 0. The fourth-order valence-corrected chi connectivity index (χ4v) is 0.758. The van der Waals surface area contributed by atoms with Gasteiger partial charge < -0.3 is 5.73 Å². The molecule has 0 radical (unpaired) electrons. The minimum absolute atomic E-state index is 1.03. The highest BCUT2D eigenvalue weighted by Gasteiger charge is 2.23. The third-order valence-electron chi connectivity index (χ3n) is 1.42. The molecule has 0 heterocycles. The molecule has 1 aromatic carbocycles. The Kier molecular flexibility index (Phi) is 2.10. The molecule has 0 amide bonds. The minimum Gasteiger partial charge on any atom is -0.395 e. The Morgan fingerprint density at radius 1 is 0.923 bits per heavy atom. The van der Waals surface area contributed by atoms with Gasteiger partial charge in [0.25, 0.3) is 0 Å². The van der Waals surface area contributed by atoms with Crippen molar-refractivity contribution in [3.05, 3.63) is 28.8 Å². The third-order valence-corrected chi connectivity index (χ3v) is 1.42. The Hall–Kier alpha value is -1.77. The molecule has 2 nitrogen and oxygen atoms in total. The third kappa shape index (κ3) is 1.18. The number of nitrogen functional groups attached to an aromatic ring is 1. The average molecular weight is 190 g/mol. The van der Waals surface area contributed by atoms with E-state index in [1.807, 2.05) is 0 Å². The Morgan fingerprint density at radius 3 is 1.85 bits per heavy atom. The Balaban J connectivity index is 3.69. The first kappa shape index (κ1) is 9.32. The zero-order chi connectivity index (χ0) is 10.2. The normalized spacial score (nSPS) is 9.77. The van der Waals surface area contributed by atoms with Gasteiger partial charge in [0.1, 0.15) is 11.6 Å². The lowest BCUT2D eigenvalue weighted by atomic mass is 10.1. The predicted molar refractivity (Wildman–Crippen MR) is 35.4 cm³/mol. The van der Waals surface area contributed by atoms with Crippen molar-refractivity contribution in [3.8, 4) is 6.07 Å². The second kappa shape index (κ2) is 2.94. The van der Waals surface area contributed by atoms with E-state index in [1.54, 1.807) is 0 Å². The van der Waals surface area contributed by atoms with E-state index >= 15 is 0 Å². The van der Waals surface area contributed by atoms with Crippen LogP contribution >= 0.6 is 0 Å². The molecule has 2 N–H and O–H groups in total. The summed E-state index contributed by atoms with van der Waals surface area (Å²) in [4.78, 5) is 0. The van der Waals surface area contributed by atoms with E-state index in [0.29, 0.717) is 0 Å². The molecular formula is C7H2F4N2. The van der Waals surface area contributed by atoms with E-state index in [2.05, 4.69) is 0 Å². The molecule has 1 aromatic rings. The fraction of sp³-hybridized carbons (Fsp3) is 0. The molecule has 13 heavy (non-hydrogen) atoms. The van der Waals surface area contributed by atoms with Gasteiger partial charge in [-0.2, -0.15) is 5.26 Å². The second-order valence-corrected chi connectivity index (χ2v) is 2.16. The van der Waals surface area contributed by atoms with Crippen LogP contribution in [0.1, 0.15) is 5.56 Å². The van der Waals surface area contributed by atoms with Gasteiger partial charge in [-0.25, -0.2) is 17.6 Å². The predicted octanol–water partition coefficient (Wildman–Crippen LogP) is 1.70. The molecule has 0 aliphatic carbocycles. The highest BCUT2D eigenvalue weighted by Crippen LogP contribution is 2.24.